The van der Waals surface area contributed by atoms with Gasteiger partial charge in [0.05, 0.1) is 7.11 Å². The fraction of sp³-hybridized carbons (Fsp3) is 0.286. The first kappa shape index (κ1) is 18.0. The largest absolute Gasteiger partial charge is 0.497 e. The summed E-state index contributed by atoms with van der Waals surface area (Å²) in [7, 11) is 1.60. The van der Waals surface area contributed by atoms with E-state index < -0.39 is 5.97 Å². The minimum absolute atomic E-state index is 0.0203. The number of para-hydroxylation sites is 1. The van der Waals surface area contributed by atoms with Crippen LogP contribution in [-0.2, 0) is 11.3 Å². The standard InChI is InChI=1S/C21H20N2O5/c1-12-13(2)27-19-16(12)5-4-6-17(19)21(24)26-11-18-22-23-20(28-18)14-7-9-15(25-3)10-8-14/h4-10,12-13H,11H2,1-3H3/t12-,13-/m0/s1. The Morgan fingerprint density at radius 3 is 2.64 bits per heavy atom. The Bertz CT molecular complexity index is 996. The Morgan fingerprint density at radius 2 is 1.89 bits per heavy atom. The van der Waals surface area contributed by atoms with Gasteiger partial charge in [0.1, 0.15) is 23.2 Å². The van der Waals surface area contributed by atoms with Crippen molar-refractivity contribution in [3.8, 4) is 23.0 Å². The fourth-order valence-electron chi connectivity index (χ4n) is 3.11. The van der Waals surface area contributed by atoms with E-state index in [-0.39, 0.29) is 24.5 Å². The number of ether oxygens (including phenoxy) is 3. The molecule has 28 heavy (non-hydrogen) atoms. The van der Waals surface area contributed by atoms with Crippen molar-refractivity contribution in [1.29, 1.82) is 0 Å². The molecule has 0 saturated carbocycles. The van der Waals surface area contributed by atoms with E-state index in [2.05, 4.69) is 17.1 Å². The number of rotatable bonds is 5. The molecule has 0 N–H and O–H groups in total. The van der Waals surface area contributed by atoms with Crippen LogP contribution in [0.5, 0.6) is 11.5 Å². The maximum atomic E-state index is 12.5. The lowest BCUT2D eigenvalue weighted by atomic mass is 9.97. The molecule has 0 unspecified atom stereocenters. The summed E-state index contributed by atoms with van der Waals surface area (Å²) in [5, 5.41) is 7.94. The quantitative estimate of drug-likeness (QED) is 0.619. The number of aromatic nitrogens is 2. The second-order valence-electron chi connectivity index (χ2n) is 6.64. The first-order chi connectivity index (χ1) is 13.6. The second kappa shape index (κ2) is 7.34. The molecule has 2 aromatic carbocycles. The normalized spacial score (nSPS) is 17.7. The highest BCUT2D eigenvalue weighted by Gasteiger charge is 2.31. The number of fused-ring (bicyclic) bond motifs is 1. The van der Waals surface area contributed by atoms with Crippen LogP contribution in [0.4, 0.5) is 0 Å². The van der Waals surface area contributed by atoms with Gasteiger partial charge >= 0.3 is 5.97 Å². The van der Waals surface area contributed by atoms with E-state index in [9.17, 15) is 4.79 Å². The number of carbonyl (C=O) groups excluding carboxylic acids is 1. The average Bonchev–Trinajstić information content (AvgIpc) is 3.31. The van der Waals surface area contributed by atoms with E-state index in [0.717, 1.165) is 16.9 Å². The van der Waals surface area contributed by atoms with Crippen molar-refractivity contribution in [2.75, 3.05) is 7.11 Å². The van der Waals surface area contributed by atoms with E-state index in [1.165, 1.54) is 0 Å². The van der Waals surface area contributed by atoms with Gasteiger partial charge in [-0.15, -0.1) is 10.2 Å². The Kier molecular flexibility index (Phi) is 4.73. The molecule has 2 heterocycles. The molecule has 0 amide bonds. The summed E-state index contributed by atoms with van der Waals surface area (Å²) in [5.41, 5.74) is 2.17. The van der Waals surface area contributed by atoms with Crippen molar-refractivity contribution in [3.63, 3.8) is 0 Å². The molecule has 0 bridgehead atoms. The summed E-state index contributed by atoms with van der Waals surface area (Å²) in [4.78, 5) is 12.5. The summed E-state index contributed by atoms with van der Waals surface area (Å²) in [6.45, 7) is 3.94. The van der Waals surface area contributed by atoms with Crippen molar-refractivity contribution < 1.29 is 23.4 Å². The monoisotopic (exact) mass is 380 g/mol. The molecule has 0 spiro atoms. The molecule has 0 fully saturated rings. The molecule has 4 rings (SSSR count). The van der Waals surface area contributed by atoms with Gasteiger partial charge in [0.25, 0.3) is 5.89 Å². The van der Waals surface area contributed by atoms with Crippen LogP contribution >= 0.6 is 0 Å². The van der Waals surface area contributed by atoms with Crippen LogP contribution in [0.3, 0.4) is 0 Å². The van der Waals surface area contributed by atoms with E-state index in [1.54, 1.807) is 25.3 Å². The van der Waals surface area contributed by atoms with Crippen LogP contribution in [0, 0.1) is 0 Å². The van der Waals surface area contributed by atoms with Gasteiger partial charge in [0.15, 0.2) is 6.61 Å². The first-order valence-electron chi connectivity index (χ1n) is 9.00. The van der Waals surface area contributed by atoms with E-state index >= 15 is 0 Å². The van der Waals surface area contributed by atoms with Crippen molar-refractivity contribution in [1.82, 2.24) is 10.2 Å². The zero-order valence-electron chi connectivity index (χ0n) is 15.8. The third-order valence-corrected chi connectivity index (χ3v) is 4.89. The molecule has 1 aliphatic heterocycles. The van der Waals surface area contributed by atoms with Gasteiger partial charge in [-0.2, -0.15) is 0 Å². The maximum Gasteiger partial charge on any atom is 0.342 e. The minimum atomic E-state index is -0.484. The van der Waals surface area contributed by atoms with Crippen molar-refractivity contribution in [2.24, 2.45) is 0 Å². The molecule has 3 aromatic rings. The van der Waals surface area contributed by atoms with Crippen LogP contribution in [0.15, 0.2) is 46.9 Å². The van der Waals surface area contributed by atoms with Crippen molar-refractivity contribution >= 4 is 5.97 Å². The van der Waals surface area contributed by atoms with Crippen LogP contribution in [0.2, 0.25) is 0 Å². The maximum absolute atomic E-state index is 12.5. The highest BCUT2D eigenvalue weighted by Crippen LogP contribution is 2.40. The van der Waals surface area contributed by atoms with E-state index in [1.807, 2.05) is 31.2 Å². The van der Waals surface area contributed by atoms with E-state index in [0.29, 0.717) is 17.2 Å². The van der Waals surface area contributed by atoms with Gasteiger partial charge in [-0.1, -0.05) is 19.1 Å². The lowest BCUT2D eigenvalue weighted by molar-refractivity contribution is 0.0433. The van der Waals surface area contributed by atoms with Gasteiger partial charge in [-0.25, -0.2) is 4.79 Å². The number of nitrogens with zero attached hydrogens (tertiary/aromatic N) is 2. The summed E-state index contributed by atoms with van der Waals surface area (Å²) in [6, 6.07) is 12.7. The summed E-state index contributed by atoms with van der Waals surface area (Å²) in [6.07, 6.45) is 0.0203. The number of methoxy groups -OCH3 is 1. The second-order valence-corrected chi connectivity index (χ2v) is 6.64. The predicted octanol–water partition coefficient (Wildman–Crippen LogP) is 3.99. The Balaban J connectivity index is 1.44. The summed E-state index contributed by atoms with van der Waals surface area (Å²) in [5.74, 6) is 1.64. The molecule has 0 aliphatic carbocycles. The number of hydrogen-bond acceptors (Lipinski definition) is 7. The molecule has 7 nitrogen and oxygen atoms in total. The Labute approximate surface area is 162 Å². The van der Waals surface area contributed by atoms with Crippen molar-refractivity contribution in [2.45, 2.75) is 32.5 Å². The highest BCUT2D eigenvalue weighted by molar-refractivity contribution is 5.93. The third kappa shape index (κ3) is 3.31. The smallest absolute Gasteiger partial charge is 0.342 e. The lowest BCUT2D eigenvalue weighted by Gasteiger charge is -2.08. The Morgan fingerprint density at radius 1 is 1.11 bits per heavy atom. The fourth-order valence-corrected chi connectivity index (χ4v) is 3.11. The van der Waals surface area contributed by atoms with E-state index in [4.69, 9.17) is 18.6 Å². The third-order valence-electron chi connectivity index (χ3n) is 4.89. The Hall–Kier alpha value is -3.35. The number of carbonyl (C=O) groups is 1. The number of benzene rings is 2. The minimum Gasteiger partial charge on any atom is -0.497 e. The number of esters is 1. The summed E-state index contributed by atoms with van der Waals surface area (Å²) < 4.78 is 21.9. The van der Waals surface area contributed by atoms with Gasteiger partial charge in [0, 0.05) is 17.0 Å². The zero-order chi connectivity index (χ0) is 19.7. The first-order valence-corrected chi connectivity index (χ1v) is 9.00. The van der Waals surface area contributed by atoms with Gasteiger partial charge in [-0.3, -0.25) is 0 Å². The lowest BCUT2D eigenvalue weighted by Crippen LogP contribution is -2.11. The number of hydrogen-bond donors (Lipinski definition) is 0. The van der Waals surface area contributed by atoms with Crippen LogP contribution in [0.1, 0.15) is 41.6 Å². The molecule has 1 aliphatic rings. The molecular formula is C21H20N2O5. The SMILES string of the molecule is COc1ccc(-c2nnc(COC(=O)c3cccc4c3O[C@@H](C)[C@@H]4C)o2)cc1. The highest BCUT2D eigenvalue weighted by atomic mass is 16.5. The van der Waals surface area contributed by atoms with Crippen LogP contribution in [-0.4, -0.2) is 29.4 Å². The summed E-state index contributed by atoms with van der Waals surface area (Å²) >= 11 is 0. The van der Waals surface area contributed by atoms with Gasteiger partial charge in [0.2, 0.25) is 5.89 Å². The molecule has 2 atom stereocenters. The van der Waals surface area contributed by atoms with Gasteiger partial charge < -0.3 is 18.6 Å². The van der Waals surface area contributed by atoms with Crippen LogP contribution in [0.25, 0.3) is 11.5 Å². The average molecular weight is 380 g/mol. The molecule has 1 aromatic heterocycles. The van der Waals surface area contributed by atoms with Crippen molar-refractivity contribution in [3.05, 3.63) is 59.5 Å². The van der Waals surface area contributed by atoms with Crippen LogP contribution < -0.4 is 9.47 Å². The predicted molar refractivity (Wildman–Crippen MR) is 100 cm³/mol. The molecular weight excluding hydrogens is 360 g/mol. The molecule has 7 heteroatoms. The topological polar surface area (TPSA) is 83.7 Å². The molecule has 0 radical (unpaired) electrons. The zero-order valence-corrected chi connectivity index (χ0v) is 15.8. The molecule has 0 saturated heterocycles. The van der Waals surface area contributed by atoms with Gasteiger partial charge in [-0.05, 0) is 37.3 Å². The molecule has 144 valence electrons.